The molecule has 0 aliphatic carbocycles. The molecule has 51 valence electrons. The van der Waals surface area contributed by atoms with Crippen molar-refractivity contribution in [1.29, 1.82) is 0 Å². The zero-order valence-electron chi connectivity index (χ0n) is 6.17. The van der Waals surface area contributed by atoms with E-state index in [0.717, 1.165) is 0 Å². The average Bonchev–Trinajstić information content (AvgIpc) is 2.05. The number of benzene rings is 1. The molecule has 0 aliphatic heterocycles. The summed E-state index contributed by atoms with van der Waals surface area (Å²) >= 11 is 0. The van der Waals surface area contributed by atoms with Crippen molar-refractivity contribution < 1.29 is 0 Å². The predicted molar refractivity (Wildman–Crippen MR) is 44.7 cm³/mol. The fraction of sp³-hybridized carbons (Fsp3) is 0.100. The van der Waals surface area contributed by atoms with E-state index in [2.05, 4.69) is 25.6 Å². The van der Waals surface area contributed by atoms with Gasteiger partial charge in [-0.2, -0.15) is 0 Å². The van der Waals surface area contributed by atoms with Crippen molar-refractivity contribution in [2.45, 2.75) is 6.92 Å². The predicted octanol–water partition coefficient (Wildman–Crippen LogP) is 2.82. The van der Waals surface area contributed by atoms with Gasteiger partial charge in [0.15, 0.2) is 0 Å². The van der Waals surface area contributed by atoms with Gasteiger partial charge in [0.1, 0.15) is 0 Å². The maximum absolute atomic E-state index is 3.70. The normalized spacial score (nSPS) is 9.80. The summed E-state index contributed by atoms with van der Waals surface area (Å²) in [5.41, 5.74) is 1.25. The molecule has 1 aromatic carbocycles. The van der Waals surface area contributed by atoms with Crippen molar-refractivity contribution in [2.24, 2.45) is 0 Å². The molecule has 1 rings (SSSR count). The van der Waals surface area contributed by atoms with Crippen molar-refractivity contribution in [3.8, 4) is 0 Å². The lowest BCUT2D eigenvalue weighted by molar-refractivity contribution is 1.26. The smallest absolute Gasteiger partial charge is 0.0230 e. The van der Waals surface area contributed by atoms with Crippen LogP contribution >= 0.6 is 0 Å². The van der Waals surface area contributed by atoms with Crippen LogP contribution in [0.3, 0.4) is 0 Å². The summed E-state index contributed by atoms with van der Waals surface area (Å²) in [5, 5.41) is 0. The molecule has 0 aliphatic rings. The highest BCUT2D eigenvalue weighted by Crippen LogP contribution is 2.12. The van der Waals surface area contributed by atoms with E-state index in [-0.39, 0.29) is 0 Å². The number of hydrogen-bond donors (Lipinski definition) is 0. The van der Waals surface area contributed by atoms with Crippen molar-refractivity contribution in [2.75, 3.05) is 0 Å². The molecule has 0 amide bonds. The average molecular weight is 131 g/mol. The summed E-state index contributed by atoms with van der Waals surface area (Å²) in [6, 6.07) is 10.2. The Morgan fingerprint density at radius 3 is 2.40 bits per heavy atom. The number of rotatable bonds is 2. The molecule has 0 saturated carbocycles. The Labute approximate surface area is 62.2 Å². The van der Waals surface area contributed by atoms with Gasteiger partial charge in [-0.05, 0) is 5.56 Å². The van der Waals surface area contributed by atoms with Crippen LogP contribution in [0.5, 0.6) is 0 Å². The van der Waals surface area contributed by atoms with E-state index in [4.69, 9.17) is 0 Å². The zero-order chi connectivity index (χ0) is 7.40. The molecule has 0 fully saturated rings. The quantitative estimate of drug-likeness (QED) is 0.579. The second kappa shape index (κ2) is 3.21. The number of allylic oxidation sites excluding steroid dienone is 1. The first-order valence-electron chi connectivity index (χ1n) is 3.36. The summed E-state index contributed by atoms with van der Waals surface area (Å²) in [7, 11) is 0. The van der Waals surface area contributed by atoms with Crippen molar-refractivity contribution in [3.63, 3.8) is 0 Å². The molecule has 0 aromatic heterocycles. The lowest BCUT2D eigenvalue weighted by atomic mass is 10.0. The standard InChI is InChI=1S/C10H11/c1-3-9(2)10-7-5-4-6-8-10/h3-8H,1H2,2H3. The van der Waals surface area contributed by atoms with Crippen LogP contribution in [-0.2, 0) is 0 Å². The van der Waals surface area contributed by atoms with Crippen LogP contribution in [0.15, 0.2) is 43.0 Å². The molecule has 0 unspecified atom stereocenters. The second-order valence-corrected chi connectivity index (χ2v) is 2.25. The SMILES string of the molecule is C=C[C](C)c1ccccc1. The summed E-state index contributed by atoms with van der Waals surface area (Å²) in [5.74, 6) is 1.22. The van der Waals surface area contributed by atoms with Gasteiger partial charge in [-0.3, -0.25) is 0 Å². The Morgan fingerprint density at radius 1 is 1.30 bits per heavy atom. The van der Waals surface area contributed by atoms with Gasteiger partial charge in [-0.1, -0.05) is 43.3 Å². The van der Waals surface area contributed by atoms with E-state index in [1.54, 1.807) is 0 Å². The molecule has 0 heteroatoms. The highest BCUT2D eigenvalue weighted by atomic mass is 14.0. The van der Waals surface area contributed by atoms with Crippen LogP contribution in [0.25, 0.3) is 0 Å². The Morgan fingerprint density at radius 2 is 1.90 bits per heavy atom. The van der Waals surface area contributed by atoms with Gasteiger partial charge in [-0.15, -0.1) is 6.58 Å². The second-order valence-electron chi connectivity index (χ2n) is 2.25. The summed E-state index contributed by atoms with van der Waals surface area (Å²) < 4.78 is 0. The van der Waals surface area contributed by atoms with E-state index in [9.17, 15) is 0 Å². The molecule has 0 N–H and O–H groups in total. The summed E-state index contributed by atoms with van der Waals surface area (Å²) in [6.07, 6.45) is 1.87. The first-order valence-corrected chi connectivity index (χ1v) is 3.36. The first-order chi connectivity index (χ1) is 4.84. The summed E-state index contributed by atoms with van der Waals surface area (Å²) in [6.45, 7) is 5.76. The van der Waals surface area contributed by atoms with Gasteiger partial charge in [0.2, 0.25) is 0 Å². The van der Waals surface area contributed by atoms with Crippen molar-refractivity contribution >= 4 is 0 Å². The minimum Gasteiger partial charge on any atom is -0.102 e. The van der Waals surface area contributed by atoms with Crippen molar-refractivity contribution in [1.82, 2.24) is 0 Å². The zero-order valence-corrected chi connectivity index (χ0v) is 6.17. The van der Waals surface area contributed by atoms with Crippen LogP contribution in [-0.4, -0.2) is 0 Å². The Balaban J connectivity index is 2.84. The monoisotopic (exact) mass is 131 g/mol. The van der Waals surface area contributed by atoms with E-state index >= 15 is 0 Å². The fourth-order valence-corrected chi connectivity index (χ4v) is 0.819. The molecular weight excluding hydrogens is 120 g/mol. The van der Waals surface area contributed by atoms with Crippen LogP contribution < -0.4 is 0 Å². The minimum atomic E-state index is 1.22. The van der Waals surface area contributed by atoms with Gasteiger partial charge in [0.25, 0.3) is 0 Å². The maximum Gasteiger partial charge on any atom is 0.0230 e. The highest BCUT2D eigenvalue weighted by Gasteiger charge is 1.97. The molecule has 0 nitrogen and oxygen atoms in total. The number of hydrogen-bond acceptors (Lipinski definition) is 0. The van der Waals surface area contributed by atoms with Crippen molar-refractivity contribution in [3.05, 3.63) is 54.5 Å². The molecule has 0 spiro atoms. The maximum atomic E-state index is 3.70. The van der Waals surface area contributed by atoms with Crippen LogP contribution in [0.1, 0.15) is 12.5 Å². The van der Waals surface area contributed by atoms with Gasteiger partial charge in [0, 0.05) is 5.92 Å². The van der Waals surface area contributed by atoms with Crippen LogP contribution in [0.4, 0.5) is 0 Å². The van der Waals surface area contributed by atoms with Gasteiger partial charge in [0.05, 0.1) is 0 Å². The molecule has 1 aromatic rings. The Bertz CT molecular complexity index is 199. The molecule has 1 radical (unpaired) electrons. The Kier molecular flexibility index (Phi) is 2.27. The van der Waals surface area contributed by atoms with E-state index in [0.29, 0.717) is 0 Å². The topological polar surface area (TPSA) is 0 Å². The van der Waals surface area contributed by atoms with Crippen LogP contribution in [0.2, 0.25) is 0 Å². The molecule has 0 atom stereocenters. The van der Waals surface area contributed by atoms with Gasteiger partial charge >= 0.3 is 0 Å². The highest BCUT2D eigenvalue weighted by molar-refractivity contribution is 5.34. The van der Waals surface area contributed by atoms with E-state index < -0.39 is 0 Å². The Hall–Kier alpha value is -1.04. The van der Waals surface area contributed by atoms with E-state index in [1.165, 1.54) is 11.5 Å². The minimum absolute atomic E-state index is 1.22. The third-order valence-corrected chi connectivity index (χ3v) is 1.54. The fourth-order valence-electron chi connectivity index (χ4n) is 0.819. The molecular formula is C10H11. The van der Waals surface area contributed by atoms with Gasteiger partial charge in [-0.25, -0.2) is 0 Å². The lowest BCUT2D eigenvalue weighted by Gasteiger charge is -2.02. The molecule has 0 bridgehead atoms. The third kappa shape index (κ3) is 1.47. The summed E-state index contributed by atoms with van der Waals surface area (Å²) in [4.78, 5) is 0. The first kappa shape index (κ1) is 7.07. The van der Waals surface area contributed by atoms with Crippen LogP contribution in [0, 0.1) is 5.92 Å². The third-order valence-electron chi connectivity index (χ3n) is 1.54. The molecule has 0 saturated heterocycles. The molecule has 0 heterocycles. The van der Waals surface area contributed by atoms with E-state index in [1.807, 2.05) is 24.3 Å². The largest absolute Gasteiger partial charge is 0.102 e. The lowest BCUT2D eigenvalue weighted by Crippen LogP contribution is -1.86. The molecule has 10 heavy (non-hydrogen) atoms. The van der Waals surface area contributed by atoms with Gasteiger partial charge < -0.3 is 0 Å².